The maximum absolute atomic E-state index is 12.5. The first-order chi connectivity index (χ1) is 15.5. The SMILES string of the molecule is CCC.COc1ccc(N2CCN(C(=O)Cc3n[nH]c(C)n3)CC2)cc1OC1CCCC1. The molecule has 8 nitrogen and oxygen atoms in total. The molecule has 2 heterocycles. The number of aromatic amines is 1. The molecule has 1 aromatic heterocycles. The normalized spacial score (nSPS) is 16.5. The second-order valence-corrected chi connectivity index (χ2v) is 8.45. The summed E-state index contributed by atoms with van der Waals surface area (Å²) in [6, 6.07) is 6.11. The number of amides is 1. The van der Waals surface area contributed by atoms with Crippen molar-refractivity contribution >= 4 is 11.6 Å². The summed E-state index contributed by atoms with van der Waals surface area (Å²) in [7, 11) is 1.68. The standard InChI is InChI=1S/C21H29N5O3.C3H8/c1-15-22-20(24-23-15)14-21(27)26-11-9-25(10-12-26)16-7-8-18(28-2)19(13-16)29-17-5-3-4-6-17;1-3-2/h7-8,13,17H,3-6,9-12,14H2,1-2H3,(H,22,23,24);3H2,1-2H3. The summed E-state index contributed by atoms with van der Waals surface area (Å²) >= 11 is 0. The van der Waals surface area contributed by atoms with Gasteiger partial charge in [-0.05, 0) is 44.7 Å². The number of hydrogen-bond acceptors (Lipinski definition) is 6. The van der Waals surface area contributed by atoms with Crippen LogP contribution in [0.5, 0.6) is 11.5 Å². The summed E-state index contributed by atoms with van der Waals surface area (Å²) in [4.78, 5) is 20.9. The quantitative estimate of drug-likeness (QED) is 0.732. The van der Waals surface area contributed by atoms with E-state index in [0.29, 0.717) is 18.9 Å². The molecular weight excluding hydrogens is 406 g/mol. The molecule has 0 bridgehead atoms. The minimum absolute atomic E-state index is 0.0728. The van der Waals surface area contributed by atoms with Gasteiger partial charge >= 0.3 is 0 Å². The maximum atomic E-state index is 12.5. The first-order valence-electron chi connectivity index (χ1n) is 11.8. The van der Waals surface area contributed by atoms with Gasteiger partial charge in [0, 0.05) is 37.9 Å². The number of H-pyrrole nitrogens is 1. The molecule has 8 heteroatoms. The van der Waals surface area contributed by atoms with Crippen molar-refractivity contribution in [2.24, 2.45) is 0 Å². The smallest absolute Gasteiger partial charge is 0.230 e. The zero-order chi connectivity index (χ0) is 22.9. The highest BCUT2D eigenvalue weighted by Crippen LogP contribution is 2.35. The topological polar surface area (TPSA) is 83.6 Å². The van der Waals surface area contributed by atoms with Crippen molar-refractivity contribution in [3.63, 3.8) is 0 Å². The molecule has 1 amide bonds. The Kier molecular flexibility index (Phi) is 8.76. The van der Waals surface area contributed by atoms with Gasteiger partial charge in [-0.3, -0.25) is 9.89 Å². The van der Waals surface area contributed by atoms with Gasteiger partial charge in [0.05, 0.1) is 19.6 Å². The molecule has 0 radical (unpaired) electrons. The van der Waals surface area contributed by atoms with Gasteiger partial charge in [0.2, 0.25) is 5.91 Å². The number of hydrogen-bond donors (Lipinski definition) is 1. The van der Waals surface area contributed by atoms with Crippen LogP contribution in [0.2, 0.25) is 0 Å². The van der Waals surface area contributed by atoms with Crippen LogP contribution in [0.3, 0.4) is 0 Å². The monoisotopic (exact) mass is 443 g/mol. The Bertz CT molecular complexity index is 855. The number of nitrogens with one attached hydrogen (secondary N) is 1. The van der Waals surface area contributed by atoms with Crippen molar-refractivity contribution in [2.75, 3.05) is 38.2 Å². The molecule has 1 aliphatic carbocycles. The molecule has 0 spiro atoms. The molecule has 2 aromatic rings. The molecular formula is C24H37N5O3. The van der Waals surface area contributed by atoms with E-state index < -0.39 is 0 Å². The number of carbonyl (C=O) groups excluding carboxylic acids is 1. The van der Waals surface area contributed by atoms with Crippen LogP contribution in [0, 0.1) is 6.92 Å². The highest BCUT2D eigenvalue weighted by atomic mass is 16.5. The van der Waals surface area contributed by atoms with Crippen molar-refractivity contribution in [1.82, 2.24) is 20.1 Å². The number of ether oxygens (including phenoxy) is 2. The first-order valence-corrected chi connectivity index (χ1v) is 11.8. The van der Waals surface area contributed by atoms with Gasteiger partial charge in [-0.2, -0.15) is 5.10 Å². The molecule has 0 atom stereocenters. The predicted octanol–water partition coefficient (Wildman–Crippen LogP) is 3.75. The third-order valence-electron chi connectivity index (χ3n) is 5.69. The van der Waals surface area contributed by atoms with Gasteiger partial charge in [0.25, 0.3) is 0 Å². The second kappa shape index (κ2) is 11.7. The molecule has 2 fully saturated rings. The van der Waals surface area contributed by atoms with E-state index >= 15 is 0 Å². The fraction of sp³-hybridized carbons (Fsp3) is 0.625. The number of benzene rings is 1. The van der Waals surface area contributed by atoms with E-state index in [0.717, 1.165) is 48.9 Å². The van der Waals surface area contributed by atoms with Crippen molar-refractivity contribution in [3.05, 3.63) is 29.8 Å². The first kappa shape index (κ1) is 23.9. The number of anilines is 1. The predicted molar refractivity (Wildman–Crippen MR) is 125 cm³/mol. The largest absolute Gasteiger partial charge is 0.493 e. The highest BCUT2D eigenvalue weighted by molar-refractivity contribution is 5.78. The number of aryl methyl sites for hydroxylation is 1. The molecule has 4 rings (SSSR count). The average Bonchev–Trinajstić information content (AvgIpc) is 3.46. The van der Waals surface area contributed by atoms with Crippen LogP contribution in [-0.4, -0.2) is 65.4 Å². The van der Waals surface area contributed by atoms with Crippen LogP contribution in [0.1, 0.15) is 57.6 Å². The number of piperazine rings is 1. The summed E-state index contributed by atoms with van der Waals surface area (Å²) in [5, 5.41) is 6.84. The summed E-state index contributed by atoms with van der Waals surface area (Å²) < 4.78 is 11.7. The van der Waals surface area contributed by atoms with Crippen molar-refractivity contribution in [2.45, 2.75) is 65.4 Å². The van der Waals surface area contributed by atoms with Crippen LogP contribution in [-0.2, 0) is 11.2 Å². The fourth-order valence-electron chi connectivity index (χ4n) is 4.07. The van der Waals surface area contributed by atoms with Gasteiger partial charge < -0.3 is 19.3 Å². The number of methoxy groups -OCH3 is 1. The zero-order valence-corrected chi connectivity index (χ0v) is 19.9. The maximum Gasteiger partial charge on any atom is 0.230 e. The molecule has 1 saturated heterocycles. The molecule has 1 N–H and O–H groups in total. The van der Waals surface area contributed by atoms with E-state index in [2.05, 4.69) is 46.1 Å². The minimum atomic E-state index is 0.0728. The number of rotatable bonds is 6. The van der Waals surface area contributed by atoms with E-state index in [4.69, 9.17) is 9.47 Å². The lowest BCUT2D eigenvalue weighted by atomic mass is 10.2. The molecule has 1 saturated carbocycles. The van der Waals surface area contributed by atoms with Crippen LogP contribution in [0.25, 0.3) is 0 Å². The Hall–Kier alpha value is -2.77. The number of carbonyl (C=O) groups is 1. The van der Waals surface area contributed by atoms with Gasteiger partial charge in [-0.1, -0.05) is 20.3 Å². The van der Waals surface area contributed by atoms with Crippen molar-refractivity contribution in [1.29, 1.82) is 0 Å². The zero-order valence-electron chi connectivity index (χ0n) is 19.9. The molecule has 1 aromatic carbocycles. The summed E-state index contributed by atoms with van der Waals surface area (Å²) in [6.45, 7) is 9.03. The number of aromatic nitrogens is 3. The summed E-state index contributed by atoms with van der Waals surface area (Å²) in [5.41, 5.74) is 1.11. The lowest BCUT2D eigenvalue weighted by molar-refractivity contribution is -0.130. The third kappa shape index (κ3) is 6.37. The highest BCUT2D eigenvalue weighted by Gasteiger charge is 2.24. The molecule has 1 aliphatic heterocycles. The van der Waals surface area contributed by atoms with Crippen LogP contribution >= 0.6 is 0 Å². The molecule has 2 aliphatic rings. The van der Waals surface area contributed by atoms with E-state index in [1.54, 1.807) is 7.11 Å². The van der Waals surface area contributed by atoms with Gasteiger partial charge in [0.1, 0.15) is 5.82 Å². The third-order valence-corrected chi connectivity index (χ3v) is 5.69. The molecule has 176 valence electrons. The Morgan fingerprint density at radius 3 is 2.41 bits per heavy atom. The lowest BCUT2D eigenvalue weighted by Gasteiger charge is -2.36. The molecule has 32 heavy (non-hydrogen) atoms. The lowest BCUT2D eigenvalue weighted by Crippen LogP contribution is -2.49. The van der Waals surface area contributed by atoms with E-state index in [1.165, 1.54) is 19.3 Å². The average molecular weight is 444 g/mol. The summed E-state index contributed by atoms with van der Waals surface area (Å²) in [5.74, 6) is 2.95. The Morgan fingerprint density at radius 2 is 1.81 bits per heavy atom. The van der Waals surface area contributed by atoms with E-state index in [1.807, 2.05) is 17.9 Å². The Morgan fingerprint density at radius 1 is 1.12 bits per heavy atom. The minimum Gasteiger partial charge on any atom is -0.493 e. The second-order valence-electron chi connectivity index (χ2n) is 8.45. The number of nitrogens with zero attached hydrogens (tertiary/aromatic N) is 4. The van der Waals surface area contributed by atoms with Crippen molar-refractivity contribution < 1.29 is 14.3 Å². The van der Waals surface area contributed by atoms with E-state index in [-0.39, 0.29) is 18.4 Å². The van der Waals surface area contributed by atoms with Gasteiger partial charge in [-0.15, -0.1) is 0 Å². The summed E-state index contributed by atoms with van der Waals surface area (Å²) in [6.07, 6.45) is 6.46. The van der Waals surface area contributed by atoms with Gasteiger partial charge in [-0.25, -0.2) is 4.98 Å². The van der Waals surface area contributed by atoms with Crippen molar-refractivity contribution in [3.8, 4) is 11.5 Å². The van der Waals surface area contributed by atoms with E-state index in [9.17, 15) is 4.79 Å². The van der Waals surface area contributed by atoms with Crippen LogP contribution < -0.4 is 14.4 Å². The Labute approximate surface area is 191 Å². The van der Waals surface area contributed by atoms with Crippen LogP contribution in [0.15, 0.2) is 18.2 Å². The fourth-order valence-corrected chi connectivity index (χ4v) is 4.07. The molecule has 0 unspecified atom stereocenters. The van der Waals surface area contributed by atoms with Gasteiger partial charge in [0.15, 0.2) is 17.3 Å². The Balaban J connectivity index is 0.000000913. The van der Waals surface area contributed by atoms with Crippen LogP contribution in [0.4, 0.5) is 5.69 Å².